The second kappa shape index (κ2) is 8.91. The topological polar surface area (TPSA) is 70.4 Å². The first-order valence-electron chi connectivity index (χ1n) is 9.78. The first-order chi connectivity index (χ1) is 14.3. The zero-order valence-electron chi connectivity index (χ0n) is 17.2. The van der Waals surface area contributed by atoms with Crippen molar-refractivity contribution in [3.8, 4) is 6.07 Å². The van der Waals surface area contributed by atoms with Gasteiger partial charge in [0.15, 0.2) is 0 Å². The molecule has 0 radical (unpaired) electrons. The molecule has 1 aliphatic heterocycles. The van der Waals surface area contributed by atoms with Gasteiger partial charge in [-0.25, -0.2) is 9.18 Å². The number of rotatable bonds is 5. The first kappa shape index (κ1) is 21.3. The monoisotopic (exact) mass is 406 g/mol. The minimum absolute atomic E-state index is 0.0600. The van der Waals surface area contributed by atoms with Crippen LogP contribution < -0.4 is 0 Å². The zero-order valence-corrected chi connectivity index (χ0v) is 17.2. The van der Waals surface area contributed by atoms with Gasteiger partial charge in [-0.2, -0.15) is 5.26 Å². The van der Waals surface area contributed by atoms with Crippen LogP contribution in [0.15, 0.2) is 59.8 Å². The van der Waals surface area contributed by atoms with E-state index in [0.29, 0.717) is 16.8 Å². The van der Waals surface area contributed by atoms with E-state index in [0.717, 1.165) is 0 Å². The molecule has 3 rings (SSSR count). The SMILES string of the molecule is CC1=C(C(=O)OC(C)C)C(c2ccccc2F)CC(=O)N1Cc1ccccc1C#N. The highest BCUT2D eigenvalue weighted by Gasteiger charge is 2.38. The number of esters is 1. The number of benzene rings is 2. The molecule has 2 aromatic carbocycles. The van der Waals surface area contributed by atoms with Crippen molar-refractivity contribution in [1.29, 1.82) is 5.26 Å². The van der Waals surface area contributed by atoms with E-state index >= 15 is 0 Å². The van der Waals surface area contributed by atoms with Gasteiger partial charge in [-0.1, -0.05) is 36.4 Å². The van der Waals surface area contributed by atoms with Gasteiger partial charge >= 0.3 is 5.97 Å². The number of hydrogen-bond acceptors (Lipinski definition) is 4. The van der Waals surface area contributed by atoms with Gasteiger partial charge in [0.1, 0.15) is 5.82 Å². The fourth-order valence-electron chi connectivity index (χ4n) is 3.71. The van der Waals surface area contributed by atoms with E-state index in [2.05, 4.69) is 6.07 Å². The lowest BCUT2D eigenvalue weighted by Crippen LogP contribution is -2.38. The Balaban J connectivity index is 2.09. The molecule has 6 heteroatoms. The summed E-state index contributed by atoms with van der Waals surface area (Å²) < 4.78 is 20.0. The predicted molar refractivity (Wildman–Crippen MR) is 109 cm³/mol. The van der Waals surface area contributed by atoms with Crippen LogP contribution in [0.4, 0.5) is 4.39 Å². The Hall–Kier alpha value is -3.46. The Morgan fingerprint density at radius 1 is 1.23 bits per heavy atom. The van der Waals surface area contributed by atoms with Crippen LogP contribution in [-0.2, 0) is 20.9 Å². The van der Waals surface area contributed by atoms with Crippen molar-refractivity contribution >= 4 is 11.9 Å². The van der Waals surface area contributed by atoms with Crippen LogP contribution in [0.5, 0.6) is 0 Å². The van der Waals surface area contributed by atoms with Gasteiger partial charge in [0, 0.05) is 18.0 Å². The maximum absolute atomic E-state index is 14.5. The van der Waals surface area contributed by atoms with E-state index in [1.54, 1.807) is 63.2 Å². The molecule has 30 heavy (non-hydrogen) atoms. The lowest BCUT2D eigenvalue weighted by molar-refractivity contribution is -0.143. The van der Waals surface area contributed by atoms with Crippen LogP contribution in [0.25, 0.3) is 0 Å². The largest absolute Gasteiger partial charge is 0.460 e. The molecule has 1 atom stereocenters. The van der Waals surface area contributed by atoms with Crippen LogP contribution in [-0.4, -0.2) is 22.9 Å². The van der Waals surface area contributed by atoms with Crippen LogP contribution in [0.3, 0.4) is 0 Å². The molecular weight excluding hydrogens is 383 g/mol. The van der Waals surface area contributed by atoms with Gasteiger partial charge in [-0.3, -0.25) is 4.79 Å². The molecule has 0 fully saturated rings. The molecule has 154 valence electrons. The highest BCUT2D eigenvalue weighted by molar-refractivity contribution is 5.96. The Morgan fingerprint density at radius 3 is 2.57 bits per heavy atom. The van der Waals surface area contributed by atoms with E-state index in [4.69, 9.17) is 4.74 Å². The molecule has 1 aliphatic rings. The highest BCUT2D eigenvalue weighted by atomic mass is 19.1. The third-order valence-electron chi connectivity index (χ3n) is 5.13. The number of hydrogen-bond donors (Lipinski definition) is 0. The summed E-state index contributed by atoms with van der Waals surface area (Å²) >= 11 is 0. The lowest BCUT2D eigenvalue weighted by Gasteiger charge is -2.35. The summed E-state index contributed by atoms with van der Waals surface area (Å²) in [6.45, 7) is 5.29. The van der Waals surface area contributed by atoms with Crippen LogP contribution in [0.2, 0.25) is 0 Å². The summed E-state index contributed by atoms with van der Waals surface area (Å²) in [6.07, 6.45) is -0.417. The Morgan fingerprint density at radius 2 is 1.90 bits per heavy atom. The predicted octanol–water partition coefficient (Wildman–Crippen LogP) is 4.44. The minimum atomic E-state index is -0.729. The third-order valence-corrected chi connectivity index (χ3v) is 5.13. The Bertz CT molecular complexity index is 1050. The number of amides is 1. The zero-order chi connectivity index (χ0) is 21.8. The van der Waals surface area contributed by atoms with E-state index in [1.165, 1.54) is 11.0 Å². The quantitative estimate of drug-likeness (QED) is 0.689. The summed E-state index contributed by atoms with van der Waals surface area (Å²) in [5.41, 5.74) is 2.10. The number of carbonyl (C=O) groups excluding carboxylic acids is 2. The van der Waals surface area contributed by atoms with Crippen molar-refractivity contribution < 1.29 is 18.7 Å². The molecule has 0 aliphatic carbocycles. The maximum atomic E-state index is 14.5. The summed E-state index contributed by atoms with van der Waals surface area (Å²) in [4.78, 5) is 27.5. The molecule has 0 spiro atoms. The number of carbonyl (C=O) groups is 2. The number of nitriles is 1. The second-order valence-electron chi connectivity index (χ2n) is 7.48. The van der Waals surface area contributed by atoms with Gasteiger partial charge in [0.25, 0.3) is 0 Å². The summed E-state index contributed by atoms with van der Waals surface area (Å²) in [7, 11) is 0. The second-order valence-corrected chi connectivity index (χ2v) is 7.48. The van der Waals surface area contributed by atoms with Crippen molar-refractivity contribution in [2.75, 3.05) is 0 Å². The van der Waals surface area contributed by atoms with Crippen molar-refractivity contribution in [3.63, 3.8) is 0 Å². The smallest absolute Gasteiger partial charge is 0.336 e. The summed E-state index contributed by atoms with van der Waals surface area (Å²) in [5.74, 6) is -2.01. The molecule has 2 aromatic rings. The molecule has 0 bridgehead atoms. The van der Waals surface area contributed by atoms with Gasteiger partial charge in [-0.15, -0.1) is 0 Å². The number of halogens is 1. The standard InChI is InChI=1S/C24H23FN2O3/c1-15(2)30-24(29)23-16(3)27(14-18-9-5-4-8-17(18)13-26)22(28)12-20(23)19-10-6-7-11-21(19)25/h4-11,15,20H,12,14H2,1-3H3. The molecule has 0 saturated heterocycles. The third kappa shape index (κ3) is 4.25. The van der Waals surface area contributed by atoms with Crippen molar-refractivity contribution in [1.82, 2.24) is 4.90 Å². The number of allylic oxidation sites excluding steroid dienone is 1. The normalized spacial score (nSPS) is 16.6. The van der Waals surface area contributed by atoms with Crippen molar-refractivity contribution in [2.45, 2.75) is 45.8 Å². The Kier molecular flexibility index (Phi) is 6.31. The summed E-state index contributed by atoms with van der Waals surface area (Å²) in [5, 5.41) is 9.36. The van der Waals surface area contributed by atoms with Gasteiger partial charge in [-0.05, 0) is 44.0 Å². The van der Waals surface area contributed by atoms with Crippen LogP contribution in [0, 0.1) is 17.1 Å². The number of nitrogens with zero attached hydrogens (tertiary/aromatic N) is 2. The molecule has 0 N–H and O–H groups in total. The van der Waals surface area contributed by atoms with Crippen LogP contribution in [0.1, 0.15) is 49.8 Å². The van der Waals surface area contributed by atoms with Crippen molar-refractivity contribution in [2.24, 2.45) is 0 Å². The fourth-order valence-corrected chi connectivity index (χ4v) is 3.71. The van der Waals surface area contributed by atoms with E-state index in [-0.39, 0.29) is 36.1 Å². The van der Waals surface area contributed by atoms with E-state index < -0.39 is 17.7 Å². The molecule has 0 saturated carbocycles. The van der Waals surface area contributed by atoms with Crippen molar-refractivity contribution in [3.05, 3.63) is 82.3 Å². The molecule has 0 aromatic heterocycles. The van der Waals surface area contributed by atoms with Gasteiger partial charge in [0.2, 0.25) is 5.91 Å². The fraction of sp³-hybridized carbons (Fsp3) is 0.292. The summed E-state index contributed by atoms with van der Waals surface area (Å²) in [6, 6.07) is 15.3. The minimum Gasteiger partial charge on any atom is -0.460 e. The van der Waals surface area contributed by atoms with E-state index in [1.807, 2.05) is 0 Å². The highest BCUT2D eigenvalue weighted by Crippen LogP contribution is 2.39. The van der Waals surface area contributed by atoms with Gasteiger partial charge in [0.05, 0.1) is 29.9 Å². The average molecular weight is 406 g/mol. The van der Waals surface area contributed by atoms with Gasteiger partial charge < -0.3 is 9.64 Å². The lowest BCUT2D eigenvalue weighted by atomic mass is 9.83. The Labute approximate surface area is 175 Å². The molecule has 1 heterocycles. The van der Waals surface area contributed by atoms with E-state index in [9.17, 15) is 19.2 Å². The molecular formula is C24H23FN2O3. The maximum Gasteiger partial charge on any atom is 0.336 e. The number of ether oxygens (including phenoxy) is 1. The first-order valence-corrected chi connectivity index (χ1v) is 9.78. The molecule has 1 amide bonds. The molecule has 1 unspecified atom stereocenters. The molecule has 5 nitrogen and oxygen atoms in total. The van der Waals surface area contributed by atoms with Crippen LogP contribution >= 0.6 is 0 Å². The average Bonchev–Trinajstić information content (AvgIpc) is 2.70.